The Bertz CT molecular complexity index is 591. The molecule has 10 heteroatoms. The van der Waals surface area contributed by atoms with Crippen molar-refractivity contribution in [2.75, 3.05) is 0 Å². The minimum absolute atomic E-state index is 0.342. The normalized spacial score (nSPS) is 11.9. The van der Waals surface area contributed by atoms with Crippen LogP contribution in [0, 0.1) is 0 Å². The van der Waals surface area contributed by atoms with Crippen molar-refractivity contribution in [2.45, 2.75) is 6.18 Å². The molecule has 100 valence electrons. The fourth-order valence-corrected chi connectivity index (χ4v) is 1.67. The first kappa shape index (κ1) is 13.2. The Morgan fingerprint density at radius 1 is 1.53 bits per heavy atom. The standard InChI is InChI=1S/C9H5F3N4O2S/c10-9(11,12)7-6(19-16-14-7)8(17)15-13-4-5-2-1-3-18-5/h1-4H,(H,15,17)/b13-4+. The van der Waals surface area contributed by atoms with E-state index in [1.807, 2.05) is 5.43 Å². The van der Waals surface area contributed by atoms with Crippen LogP contribution in [0.25, 0.3) is 0 Å². The lowest BCUT2D eigenvalue weighted by Crippen LogP contribution is -2.20. The van der Waals surface area contributed by atoms with Crippen molar-refractivity contribution in [3.8, 4) is 0 Å². The molecule has 0 aliphatic rings. The van der Waals surface area contributed by atoms with Gasteiger partial charge in [0.25, 0.3) is 5.91 Å². The van der Waals surface area contributed by atoms with E-state index in [-0.39, 0.29) is 0 Å². The van der Waals surface area contributed by atoms with Gasteiger partial charge in [0.2, 0.25) is 0 Å². The maximum absolute atomic E-state index is 12.5. The Labute approximate surface area is 108 Å². The van der Waals surface area contributed by atoms with Gasteiger partial charge in [-0.05, 0) is 23.7 Å². The highest BCUT2D eigenvalue weighted by Crippen LogP contribution is 2.31. The first-order valence-corrected chi connectivity index (χ1v) is 5.52. The number of carbonyl (C=O) groups is 1. The number of nitrogens with one attached hydrogen (secondary N) is 1. The van der Waals surface area contributed by atoms with Gasteiger partial charge in [0, 0.05) is 0 Å². The van der Waals surface area contributed by atoms with Crippen LogP contribution in [0.15, 0.2) is 27.9 Å². The average Bonchev–Trinajstić information content (AvgIpc) is 2.98. The van der Waals surface area contributed by atoms with E-state index in [0.29, 0.717) is 17.3 Å². The largest absolute Gasteiger partial charge is 0.463 e. The minimum atomic E-state index is -4.73. The zero-order valence-electron chi connectivity index (χ0n) is 9.01. The van der Waals surface area contributed by atoms with Crippen LogP contribution in [0.3, 0.4) is 0 Å². The molecule has 0 saturated heterocycles. The fraction of sp³-hybridized carbons (Fsp3) is 0.111. The van der Waals surface area contributed by atoms with Gasteiger partial charge in [0.15, 0.2) is 5.69 Å². The van der Waals surface area contributed by atoms with Crippen molar-refractivity contribution in [2.24, 2.45) is 5.10 Å². The number of halogens is 3. The quantitative estimate of drug-likeness (QED) is 0.691. The molecule has 0 aliphatic carbocycles. The Balaban J connectivity index is 2.07. The number of amides is 1. The van der Waals surface area contributed by atoms with Gasteiger partial charge in [-0.15, -0.1) is 5.10 Å². The Morgan fingerprint density at radius 3 is 2.95 bits per heavy atom. The second-order valence-electron chi connectivity index (χ2n) is 3.16. The van der Waals surface area contributed by atoms with Crippen LogP contribution < -0.4 is 5.43 Å². The molecule has 1 N–H and O–H groups in total. The summed E-state index contributed by atoms with van der Waals surface area (Å²) in [6.07, 6.45) is -2.19. The van der Waals surface area contributed by atoms with Crippen LogP contribution in [-0.4, -0.2) is 21.7 Å². The zero-order valence-corrected chi connectivity index (χ0v) is 9.83. The second-order valence-corrected chi connectivity index (χ2v) is 3.92. The molecule has 0 unspecified atom stereocenters. The highest BCUT2D eigenvalue weighted by atomic mass is 32.1. The first-order chi connectivity index (χ1) is 8.98. The van der Waals surface area contributed by atoms with E-state index in [1.165, 1.54) is 6.26 Å². The van der Waals surface area contributed by atoms with Gasteiger partial charge in [0.1, 0.15) is 10.6 Å². The fourth-order valence-electron chi connectivity index (χ4n) is 1.10. The molecule has 1 amide bonds. The number of hydrazone groups is 1. The number of furan rings is 1. The Morgan fingerprint density at radius 2 is 2.32 bits per heavy atom. The summed E-state index contributed by atoms with van der Waals surface area (Å²) in [5.41, 5.74) is 0.606. The molecule has 0 atom stereocenters. The van der Waals surface area contributed by atoms with E-state index >= 15 is 0 Å². The number of nitrogens with zero attached hydrogens (tertiary/aromatic N) is 3. The highest BCUT2D eigenvalue weighted by Gasteiger charge is 2.39. The van der Waals surface area contributed by atoms with Crippen LogP contribution in [0.4, 0.5) is 13.2 Å². The lowest BCUT2D eigenvalue weighted by molar-refractivity contribution is -0.141. The molecule has 0 saturated carbocycles. The molecule has 2 heterocycles. The predicted octanol–water partition coefficient (Wildman–Crippen LogP) is 1.91. The van der Waals surface area contributed by atoms with Gasteiger partial charge in [-0.2, -0.15) is 18.3 Å². The molecule has 0 aromatic carbocycles. The zero-order chi connectivity index (χ0) is 13.9. The number of alkyl halides is 3. The van der Waals surface area contributed by atoms with Gasteiger partial charge < -0.3 is 4.42 Å². The number of aromatic nitrogens is 2. The Hall–Kier alpha value is -2.23. The molecule has 19 heavy (non-hydrogen) atoms. The molecule has 0 bridgehead atoms. The topological polar surface area (TPSA) is 80.4 Å². The second kappa shape index (κ2) is 5.18. The number of hydrogen-bond acceptors (Lipinski definition) is 6. The van der Waals surface area contributed by atoms with Crippen LogP contribution in [0.5, 0.6) is 0 Å². The lowest BCUT2D eigenvalue weighted by atomic mass is 10.3. The van der Waals surface area contributed by atoms with Crippen molar-refractivity contribution in [3.63, 3.8) is 0 Å². The third-order valence-electron chi connectivity index (χ3n) is 1.86. The molecule has 0 spiro atoms. The highest BCUT2D eigenvalue weighted by molar-refractivity contribution is 7.08. The van der Waals surface area contributed by atoms with E-state index in [2.05, 4.69) is 14.7 Å². The van der Waals surface area contributed by atoms with Gasteiger partial charge in [-0.25, -0.2) is 5.43 Å². The summed E-state index contributed by atoms with van der Waals surface area (Å²) in [6.45, 7) is 0. The van der Waals surface area contributed by atoms with Crippen molar-refractivity contribution in [1.29, 1.82) is 0 Å². The summed E-state index contributed by atoms with van der Waals surface area (Å²) in [6, 6.07) is 3.16. The van der Waals surface area contributed by atoms with E-state index in [0.717, 1.165) is 6.21 Å². The van der Waals surface area contributed by atoms with Crippen molar-refractivity contribution >= 4 is 23.7 Å². The van der Waals surface area contributed by atoms with Gasteiger partial charge >= 0.3 is 6.18 Å². The molecular weight excluding hydrogens is 285 g/mol. The predicted molar refractivity (Wildman–Crippen MR) is 58.7 cm³/mol. The molecular formula is C9H5F3N4O2S. The van der Waals surface area contributed by atoms with Crippen molar-refractivity contribution in [1.82, 2.24) is 15.0 Å². The number of hydrogen-bond donors (Lipinski definition) is 1. The molecule has 0 aliphatic heterocycles. The van der Waals surface area contributed by atoms with Crippen LogP contribution in [0.1, 0.15) is 21.1 Å². The van der Waals surface area contributed by atoms with Gasteiger partial charge in [-0.1, -0.05) is 4.49 Å². The maximum atomic E-state index is 12.5. The van der Waals surface area contributed by atoms with Crippen LogP contribution >= 0.6 is 11.5 Å². The molecule has 2 rings (SSSR count). The Kier molecular flexibility index (Phi) is 3.60. The average molecular weight is 290 g/mol. The number of rotatable bonds is 3. The third-order valence-corrected chi connectivity index (χ3v) is 2.59. The van der Waals surface area contributed by atoms with E-state index in [9.17, 15) is 18.0 Å². The molecule has 2 aromatic rings. The molecule has 0 radical (unpaired) electrons. The third kappa shape index (κ3) is 3.16. The van der Waals surface area contributed by atoms with Crippen LogP contribution in [0.2, 0.25) is 0 Å². The number of carbonyl (C=O) groups excluding carboxylic acids is 1. The maximum Gasteiger partial charge on any atom is 0.436 e. The molecule has 6 nitrogen and oxygen atoms in total. The minimum Gasteiger partial charge on any atom is -0.463 e. The monoisotopic (exact) mass is 290 g/mol. The SMILES string of the molecule is O=C(N/N=C/c1ccco1)c1snnc1C(F)(F)F. The van der Waals surface area contributed by atoms with Crippen molar-refractivity contribution in [3.05, 3.63) is 34.7 Å². The summed E-state index contributed by atoms with van der Waals surface area (Å²) in [5.74, 6) is -0.691. The van der Waals surface area contributed by atoms with Gasteiger partial charge in [-0.3, -0.25) is 4.79 Å². The van der Waals surface area contributed by atoms with E-state index < -0.39 is 22.7 Å². The van der Waals surface area contributed by atoms with Crippen LogP contribution in [-0.2, 0) is 6.18 Å². The summed E-state index contributed by atoms with van der Waals surface area (Å²) in [4.78, 5) is 10.8. The summed E-state index contributed by atoms with van der Waals surface area (Å²) < 4.78 is 45.4. The summed E-state index contributed by atoms with van der Waals surface area (Å²) in [7, 11) is 0. The summed E-state index contributed by atoms with van der Waals surface area (Å²) >= 11 is 0.342. The smallest absolute Gasteiger partial charge is 0.436 e. The lowest BCUT2D eigenvalue weighted by Gasteiger charge is -2.03. The van der Waals surface area contributed by atoms with E-state index in [4.69, 9.17) is 4.42 Å². The molecule has 0 fully saturated rings. The van der Waals surface area contributed by atoms with E-state index in [1.54, 1.807) is 12.1 Å². The van der Waals surface area contributed by atoms with Crippen molar-refractivity contribution < 1.29 is 22.4 Å². The van der Waals surface area contributed by atoms with Gasteiger partial charge in [0.05, 0.1) is 12.5 Å². The molecule has 2 aromatic heterocycles. The first-order valence-electron chi connectivity index (χ1n) is 4.75. The summed E-state index contributed by atoms with van der Waals surface area (Å²) in [5, 5.41) is 6.34.